The minimum Gasteiger partial charge on any atom is -0.450 e. The fourth-order valence-corrected chi connectivity index (χ4v) is 3.18. The maximum Gasteiger partial charge on any atom is 0.407 e. The molecular weight excluding hydrogens is 360 g/mol. The molecule has 2 heterocycles. The van der Waals surface area contributed by atoms with Crippen LogP contribution in [0.15, 0.2) is 6.33 Å². The Labute approximate surface area is 165 Å². The molecule has 0 aliphatic heterocycles. The Kier molecular flexibility index (Phi) is 7.71. The number of amides is 2. The molecule has 2 aromatic rings. The molecule has 2 rings (SSSR count). The number of nitrogens with one attached hydrogen (secondary N) is 2. The van der Waals surface area contributed by atoms with Crippen molar-refractivity contribution in [3.8, 4) is 0 Å². The fourth-order valence-electron chi connectivity index (χ4n) is 3.18. The zero-order valence-electron chi connectivity index (χ0n) is 17.3. The normalized spacial score (nSPS) is 12.2. The lowest BCUT2D eigenvalue weighted by atomic mass is 10.0. The molecule has 9 heteroatoms. The van der Waals surface area contributed by atoms with Gasteiger partial charge in [-0.1, -0.05) is 13.8 Å². The van der Waals surface area contributed by atoms with Crippen LogP contribution in [0.2, 0.25) is 0 Å². The molecule has 2 amide bonds. The molecule has 9 nitrogen and oxygen atoms in total. The summed E-state index contributed by atoms with van der Waals surface area (Å²) in [6.45, 7) is 10.4. The first kappa shape index (κ1) is 21.6. The van der Waals surface area contributed by atoms with Crippen molar-refractivity contribution < 1.29 is 14.3 Å². The summed E-state index contributed by atoms with van der Waals surface area (Å²) in [5.41, 5.74) is 2.79. The van der Waals surface area contributed by atoms with E-state index in [1.54, 1.807) is 11.4 Å². The number of aromatic nitrogens is 4. The van der Waals surface area contributed by atoms with Gasteiger partial charge < -0.3 is 15.4 Å². The largest absolute Gasteiger partial charge is 0.450 e. The van der Waals surface area contributed by atoms with Crippen molar-refractivity contribution in [3.63, 3.8) is 0 Å². The molecule has 0 aromatic carbocycles. The van der Waals surface area contributed by atoms with Crippen LogP contribution in [0.3, 0.4) is 0 Å². The van der Waals surface area contributed by atoms with Gasteiger partial charge in [0.1, 0.15) is 6.33 Å². The summed E-state index contributed by atoms with van der Waals surface area (Å²) in [5.74, 6) is 0.872. The van der Waals surface area contributed by atoms with Crippen molar-refractivity contribution >= 4 is 17.8 Å². The smallest absolute Gasteiger partial charge is 0.407 e. The van der Waals surface area contributed by atoms with E-state index in [4.69, 9.17) is 4.74 Å². The Morgan fingerprint density at radius 3 is 2.71 bits per heavy atom. The number of nitrogens with zero attached hydrogens (tertiary/aromatic N) is 4. The second-order valence-electron chi connectivity index (χ2n) is 7.23. The molecule has 28 heavy (non-hydrogen) atoms. The minimum absolute atomic E-state index is 0.0723. The predicted molar refractivity (Wildman–Crippen MR) is 105 cm³/mol. The Hall–Kier alpha value is -2.71. The van der Waals surface area contributed by atoms with E-state index in [2.05, 4.69) is 39.5 Å². The van der Waals surface area contributed by atoms with Gasteiger partial charge in [0, 0.05) is 30.4 Å². The van der Waals surface area contributed by atoms with Crippen LogP contribution < -0.4 is 10.6 Å². The Morgan fingerprint density at radius 1 is 1.29 bits per heavy atom. The minimum atomic E-state index is -0.458. The lowest BCUT2D eigenvalue weighted by Gasteiger charge is -2.21. The van der Waals surface area contributed by atoms with Crippen molar-refractivity contribution in [2.75, 3.05) is 13.2 Å². The summed E-state index contributed by atoms with van der Waals surface area (Å²) in [5, 5.41) is 9.89. The number of aryl methyl sites for hydroxylation is 2. The molecule has 1 unspecified atom stereocenters. The SMILES string of the molecule is CCOC(=O)NC(CNC(=O)CCc1c(C)nc2ncnn2c1C)CC(C)C. The van der Waals surface area contributed by atoms with E-state index in [9.17, 15) is 9.59 Å². The second kappa shape index (κ2) is 10.0. The van der Waals surface area contributed by atoms with E-state index in [1.807, 2.05) is 13.8 Å². The number of ether oxygens (including phenoxy) is 1. The van der Waals surface area contributed by atoms with Gasteiger partial charge in [0.2, 0.25) is 5.91 Å². The number of fused-ring (bicyclic) bond motifs is 1. The molecule has 0 radical (unpaired) electrons. The molecular formula is C19H30N6O3. The van der Waals surface area contributed by atoms with Gasteiger partial charge in [0.05, 0.1) is 6.61 Å². The van der Waals surface area contributed by atoms with E-state index in [-0.39, 0.29) is 11.9 Å². The van der Waals surface area contributed by atoms with E-state index in [0.29, 0.717) is 37.7 Å². The molecule has 2 N–H and O–H groups in total. The van der Waals surface area contributed by atoms with Gasteiger partial charge in [-0.3, -0.25) is 4.79 Å². The highest BCUT2D eigenvalue weighted by molar-refractivity contribution is 5.76. The maximum absolute atomic E-state index is 12.3. The molecule has 0 saturated carbocycles. The van der Waals surface area contributed by atoms with Crippen molar-refractivity contribution in [2.45, 2.75) is 59.9 Å². The number of hydrogen-bond donors (Lipinski definition) is 2. The number of alkyl carbamates (subject to hydrolysis) is 1. The van der Waals surface area contributed by atoms with Crippen LogP contribution in [0, 0.1) is 19.8 Å². The monoisotopic (exact) mass is 390 g/mol. The molecule has 0 saturated heterocycles. The second-order valence-corrected chi connectivity index (χ2v) is 7.23. The number of rotatable bonds is 9. The molecule has 0 bridgehead atoms. The van der Waals surface area contributed by atoms with E-state index in [0.717, 1.165) is 23.4 Å². The first-order valence-corrected chi connectivity index (χ1v) is 9.67. The van der Waals surface area contributed by atoms with Crippen LogP contribution in [0.1, 0.15) is 50.6 Å². The average molecular weight is 390 g/mol. The van der Waals surface area contributed by atoms with Crippen LogP contribution in [0.5, 0.6) is 0 Å². The first-order valence-electron chi connectivity index (χ1n) is 9.67. The number of carbonyl (C=O) groups is 2. The topological polar surface area (TPSA) is 111 Å². The van der Waals surface area contributed by atoms with Crippen LogP contribution >= 0.6 is 0 Å². The summed E-state index contributed by atoms with van der Waals surface area (Å²) in [4.78, 5) is 32.6. The van der Waals surface area contributed by atoms with Gasteiger partial charge in [-0.15, -0.1) is 0 Å². The predicted octanol–water partition coefficient (Wildman–Crippen LogP) is 1.95. The van der Waals surface area contributed by atoms with Crippen molar-refractivity contribution in [3.05, 3.63) is 23.3 Å². The molecule has 0 fully saturated rings. The fraction of sp³-hybridized carbons (Fsp3) is 0.632. The lowest BCUT2D eigenvalue weighted by Crippen LogP contribution is -2.44. The molecule has 0 spiro atoms. The summed E-state index contributed by atoms with van der Waals surface area (Å²) in [7, 11) is 0. The maximum atomic E-state index is 12.3. The van der Waals surface area contributed by atoms with Crippen molar-refractivity contribution in [2.24, 2.45) is 5.92 Å². The quantitative estimate of drug-likeness (QED) is 0.677. The van der Waals surface area contributed by atoms with E-state index in [1.165, 1.54) is 6.33 Å². The lowest BCUT2D eigenvalue weighted by molar-refractivity contribution is -0.121. The molecule has 154 valence electrons. The van der Waals surface area contributed by atoms with Crippen LogP contribution in [0.4, 0.5) is 4.79 Å². The van der Waals surface area contributed by atoms with Gasteiger partial charge in [0.15, 0.2) is 0 Å². The van der Waals surface area contributed by atoms with Gasteiger partial charge in [-0.25, -0.2) is 14.3 Å². The summed E-state index contributed by atoms with van der Waals surface area (Å²) < 4.78 is 6.62. The average Bonchev–Trinajstić information content (AvgIpc) is 3.07. The third kappa shape index (κ3) is 5.90. The van der Waals surface area contributed by atoms with Gasteiger partial charge in [0.25, 0.3) is 5.78 Å². The highest BCUT2D eigenvalue weighted by Crippen LogP contribution is 2.15. The molecule has 1 atom stereocenters. The zero-order valence-corrected chi connectivity index (χ0v) is 17.3. The third-order valence-electron chi connectivity index (χ3n) is 4.49. The zero-order chi connectivity index (χ0) is 20.7. The number of carbonyl (C=O) groups excluding carboxylic acids is 2. The van der Waals surface area contributed by atoms with E-state index < -0.39 is 6.09 Å². The summed E-state index contributed by atoms with van der Waals surface area (Å²) >= 11 is 0. The molecule has 0 aliphatic carbocycles. The first-order chi connectivity index (χ1) is 13.3. The Bertz CT molecular complexity index is 817. The standard InChI is InChI=1S/C19H30N6O3/c1-6-28-19(27)24-15(9-12(2)3)10-20-17(26)8-7-16-13(4)23-18-21-11-22-25(18)14(16)5/h11-12,15H,6-10H2,1-5H3,(H,20,26)(H,24,27). The van der Waals surface area contributed by atoms with Gasteiger partial charge >= 0.3 is 6.09 Å². The number of hydrogen-bond acceptors (Lipinski definition) is 6. The van der Waals surface area contributed by atoms with Crippen LogP contribution in [0.25, 0.3) is 5.78 Å². The highest BCUT2D eigenvalue weighted by atomic mass is 16.5. The summed E-state index contributed by atoms with van der Waals surface area (Å²) in [6.07, 6.45) is 2.66. The molecule has 0 aliphatic rings. The Morgan fingerprint density at radius 2 is 2.04 bits per heavy atom. The summed E-state index contributed by atoms with van der Waals surface area (Å²) in [6, 6.07) is -0.167. The van der Waals surface area contributed by atoms with Gasteiger partial charge in [-0.05, 0) is 45.1 Å². The highest BCUT2D eigenvalue weighted by Gasteiger charge is 2.17. The van der Waals surface area contributed by atoms with Crippen molar-refractivity contribution in [1.29, 1.82) is 0 Å². The Balaban J connectivity index is 1.91. The van der Waals surface area contributed by atoms with Crippen LogP contribution in [-0.4, -0.2) is 50.8 Å². The van der Waals surface area contributed by atoms with Gasteiger partial charge in [-0.2, -0.15) is 10.1 Å². The van der Waals surface area contributed by atoms with Crippen molar-refractivity contribution in [1.82, 2.24) is 30.2 Å². The third-order valence-corrected chi connectivity index (χ3v) is 4.49. The van der Waals surface area contributed by atoms with Crippen LogP contribution in [-0.2, 0) is 16.0 Å². The molecule has 2 aromatic heterocycles. The van der Waals surface area contributed by atoms with E-state index >= 15 is 0 Å².